The number of pyridine rings is 1. The maximum absolute atomic E-state index is 11.7. The molecule has 1 amide bonds. The largest absolute Gasteiger partial charge is 0.344 e. The molecule has 21 heavy (non-hydrogen) atoms. The number of carbonyl (C=O) groups is 1. The van der Waals surface area contributed by atoms with E-state index in [-0.39, 0.29) is 5.91 Å². The minimum absolute atomic E-state index is 0.0861. The first-order valence-corrected chi connectivity index (χ1v) is 5.57. The first-order chi connectivity index (χ1) is 10.1. The third kappa shape index (κ3) is 4.33. The molecule has 0 fully saturated rings. The molecule has 0 unspecified atom stereocenters. The number of nitrogens with one attached hydrogen (secondary N) is 1. The summed E-state index contributed by atoms with van der Waals surface area (Å²) in [4.78, 5) is 20.4. The fourth-order valence-corrected chi connectivity index (χ4v) is 1.55. The number of rotatable bonds is 2. The molecule has 0 radical (unpaired) electrons. The van der Waals surface area contributed by atoms with Gasteiger partial charge in [0.15, 0.2) is 0 Å². The van der Waals surface area contributed by atoms with E-state index in [1.54, 1.807) is 26.4 Å². The van der Waals surface area contributed by atoms with Crippen molar-refractivity contribution in [2.75, 3.05) is 14.1 Å². The molecular weight excluding hydrogens is 270 g/mol. The second-order valence-corrected chi connectivity index (χ2v) is 3.87. The van der Waals surface area contributed by atoms with Gasteiger partial charge in [0.25, 0.3) is 5.91 Å². The number of H-pyrrole nitrogens is 1. The van der Waals surface area contributed by atoms with Gasteiger partial charge in [-0.3, -0.25) is 4.79 Å². The topological polar surface area (TPSA) is 135 Å². The summed E-state index contributed by atoms with van der Waals surface area (Å²) in [6.07, 6.45) is 3.14. The fraction of sp³-hybridized carbons (Fsp3) is 0.154. The molecule has 8 nitrogen and oxygen atoms in total. The van der Waals surface area contributed by atoms with Crippen LogP contribution in [0.4, 0.5) is 0 Å². The van der Waals surface area contributed by atoms with Crippen LogP contribution in [0.5, 0.6) is 0 Å². The predicted molar refractivity (Wildman–Crippen MR) is 79.2 cm³/mol. The SMILES string of the molecule is C#N.C#N.CN(C)C(=O)c1cc2cc(C=NN)cnc2[nH]1. The Morgan fingerprint density at radius 3 is 2.52 bits per heavy atom. The molecule has 8 heteroatoms. The Bertz CT molecular complexity index is 661. The summed E-state index contributed by atoms with van der Waals surface area (Å²) in [5, 5.41) is 17.3. The third-order valence-corrected chi connectivity index (χ3v) is 2.35. The van der Waals surface area contributed by atoms with Gasteiger partial charge < -0.3 is 15.7 Å². The summed E-state index contributed by atoms with van der Waals surface area (Å²) in [7, 11) is 3.40. The van der Waals surface area contributed by atoms with Crippen molar-refractivity contribution in [2.24, 2.45) is 10.9 Å². The first-order valence-electron chi connectivity index (χ1n) is 5.57. The van der Waals surface area contributed by atoms with Gasteiger partial charge in [0, 0.05) is 44.4 Å². The maximum Gasteiger partial charge on any atom is 0.269 e. The van der Waals surface area contributed by atoms with E-state index in [0.717, 1.165) is 10.9 Å². The van der Waals surface area contributed by atoms with Crippen LogP contribution in [0.1, 0.15) is 16.1 Å². The van der Waals surface area contributed by atoms with Crippen molar-refractivity contribution in [1.82, 2.24) is 14.9 Å². The lowest BCUT2D eigenvalue weighted by atomic mass is 10.2. The van der Waals surface area contributed by atoms with Crippen LogP contribution >= 0.6 is 0 Å². The van der Waals surface area contributed by atoms with E-state index in [1.807, 2.05) is 6.07 Å². The number of hydrogen-bond acceptors (Lipinski definition) is 6. The van der Waals surface area contributed by atoms with Gasteiger partial charge in [-0.2, -0.15) is 5.10 Å². The van der Waals surface area contributed by atoms with Crippen LogP contribution in [0.3, 0.4) is 0 Å². The highest BCUT2D eigenvalue weighted by atomic mass is 16.2. The van der Waals surface area contributed by atoms with Crippen molar-refractivity contribution < 1.29 is 4.79 Å². The van der Waals surface area contributed by atoms with Crippen LogP contribution in [0.15, 0.2) is 23.4 Å². The summed E-state index contributed by atoms with van der Waals surface area (Å²) in [6.45, 7) is 7.00. The number of nitrogens with zero attached hydrogens (tertiary/aromatic N) is 5. The average Bonchev–Trinajstić information content (AvgIpc) is 2.94. The van der Waals surface area contributed by atoms with Gasteiger partial charge in [0.2, 0.25) is 0 Å². The summed E-state index contributed by atoms with van der Waals surface area (Å²) < 4.78 is 0. The summed E-state index contributed by atoms with van der Waals surface area (Å²) >= 11 is 0. The smallest absolute Gasteiger partial charge is 0.269 e. The van der Waals surface area contributed by atoms with Crippen LogP contribution in [0, 0.1) is 23.7 Å². The molecule has 0 aliphatic heterocycles. The highest BCUT2D eigenvalue weighted by Gasteiger charge is 2.11. The number of nitriles is 2. The number of aromatic amines is 1. The lowest BCUT2D eigenvalue weighted by Gasteiger charge is -2.07. The molecule has 2 heterocycles. The van der Waals surface area contributed by atoms with Crippen molar-refractivity contribution in [1.29, 1.82) is 10.5 Å². The van der Waals surface area contributed by atoms with Crippen molar-refractivity contribution >= 4 is 23.2 Å². The Morgan fingerprint density at radius 1 is 1.38 bits per heavy atom. The van der Waals surface area contributed by atoms with E-state index in [2.05, 4.69) is 28.2 Å². The molecule has 0 aliphatic rings. The maximum atomic E-state index is 11.7. The quantitative estimate of drug-likeness (QED) is 0.478. The molecule has 0 aliphatic carbocycles. The van der Waals surface area contributed by atoms with Gasteiger partial charge in [-0.05, 0) is 12.1 Å². The van der Waals surface area contributed by atoms with E-state index in [0.29, 0.717) is 11.3 Å². The number of nitrogens with two attached hydrogens (primary N) is 1. The monoisotopic (exact) mass is 285 g/mol. The second-order valence-electron chi connectivity index (χ2n) is 3.87. The molecule has 0 bridgehead atoms. The third-order valence-electron chi connectivity index (χ3n) is 2.35. The van der Waals surface area contributed by atoms with Gasteiger partial charge in [-0.25, -0.2) is 15.5 Å². The van der Waals surface area contributed by atoms with Crippen molar-refractivity contribution in [3.8, 4) is 13.1 Å². The predicted octanol–water partition coefficient (Wildman–Crippen LogP) is 0.837. The number of carbonyl (C=O) groups excluding carboxylic acids is 1. The lowest BCUT2D eigenvalue weighted by Crippen LogP contribution is -2.21. The summed E-state index contributed by atoms with van der Waals surface area (Å²) in [5.74, 6) is 4.98. The Kier molecular flexibility index (Phi) is 7.27. The van der Waals surface area contributed by atoms with E-state index in [1.165, 1.54) is 11.1 Å². The fourth-order valence-electron chi connectivity index (χ4n) is 1.55. The standard InChI is InChI=1S/C11H13N5O.2CHN/c1-16(2)11(17)9-4-8-3-7(6-14-12)5-13-10(8)15-9;2*1-2/h3-6H,12H2,1-2H3,(H,13,15);2*1H. The van der Waals surface area contributed by atoms with Crippen LogP contribution in [0.25, 0.3) is 11.0 Å². The van der Waals surface area contributed by atoms with Crippen LogP contribution in [-0.4, -0.2) is 41.1 Å². The van der Waals surface area contributed by atoms with Gasteiger partial charge in [-0.15, -0.1) is 0 Å². The van der Waals surface area contributed by atoms with Gasteiger partial charge in [0.1, 0.15) is 11.3 Å². The summed E-state index contributed by atoms with van der Waals surface area (Å²) in [5.41, 5.74) is 1.98. The Morgan fingerprint density at radius 2 is 2.00 bits per heavy atom. The average molecular weight is 285 g/mol. The lowest BCUT2D eigenvalue weighted by molar-refractivity contribution is 0.0823. The molecule has 2 aromatic rings. The first kappa shape index (κ1) is 17.6. The summed E-state index contributed by atoms with van der Waals surface area (Å²) in [6, 6.07) is 3.63. The van der Waals surface area contributed by atoms with E-state index >= 15 is 0 Å². The zero-order chi connectivity index (χ0) is 16.4. The van der Waals surface area contributed by atoms with E-state index in [4.69, 9.17) is 16.4 Å². The Hall–Kier alpha value is -3.39. The Labute approximate surface area is 122 Å². The van der Waals surface area contributed by atoms with Gasteiger partial charge in [-0.1, -0.05) is 0 Å². The molecule has 108 valence electrons. The van der Waals surface area contributed by atoms with Crippen LogP contribution in [0.2, 0.25) is 0 Å². The number of amides is 1. The molecule has 0 saturated carbocycles. The number of hydrogen-bond donors (Lipinski definition) is 2. The van der Waals surface area contributed by atoms with Crippen LogP contribution < -0.4 is 5.84 Å². The number of aromatic nitrogens is 2. The number of hydrazone groups is 1. The van der Waals surface area contributed by atoms with Crippen LogP contribution in [-0.2, 0) is 0 Å². The minimum Gasteiger partial charge on any atom is -0.344 e. The van der Waals surface area contributed by atoms with Gasteiger partial charge >= 0.3 is 0 Å². The zero-order valence-corrected chi connectivity index (χ0v) is 11.7. The second kappa shape index (κ2) is 8.67. The molecule has 0 aromatic carbocycles. The molecular formula is C13H15N7O. The highest BCUT2D eigenvalue weighted by molar-refractivity contribution is 5.97. The molecule has 2 aromatic heterocycles. The number of fused-ring (bicyclic) bond motifs is 1. The zero-order valence-electron chi connectivity index (χ0n) is 11.7. The van der Waals surface area contributed by atoms with Crippen molar-refractivity contribution in [3.63, 3.8) is 0 Å². The normalized spacial score (nSPS) is 9.24. The minimum atomic E-state index is -0.0861. The van der Waals surface area contributed by atoms with Gasteiger partial charge in [0.05, 0.1) is 6.21 Å². The van der Waals surface area contributed by atoms with Crippen molar-refractivity contribution in [2.45, 2.75) is 0 Å². The van der Waals surface area contributed by atoms with Crippen molar-refractivity contribution in [3.05, 3.63) is 29.6 Å². The highest BCUT2D eigenvalue weighted by Crippen LogP contribution is 2.14. The molecule has 2 rings (SSSR count). The molecule has 0 atom stereocenters. The van der Waals surface area contributed by atoms with E-state index < -0.39 is 0 Å². The molecule has 0 saturated heterocycles. The Balaban J connectivity index is 0.000000921. The molecule has 0 spiro atoms. The molecule has 3 N–H and O–H groups in total. The van der Waals surface area contributed by atoms with E-state index in [9.17, 15) is 4.79 Å².